The molecule has 0 saturated carbocycles. The van der Waals surface area contributed by atoms with Crippen molar-refractivity contribution < 1.29 is 17.9 Å². The summed E-state index contributed by atoms with van der Waals surface area (Å²) in [6.07, 6.45) is 3.95. The Morgan fingerprint density at radius 3 is 2.38 bits per heavy atom. The molecular weight excluding hydrogens is 388 g/mol. The van der Waals surface area contributed by atoms with Gasteiger partial charge in [0, 0.05) is 23.7 Å². The summed E-state index contributed by atoms with van der Waals surface area (Å²) < 4.78 is 33.4. The fourth-order valence-corrected chi connectivity index (χ4v) is 6.51. The number of carbonyl (C=O) groups excluding carboxylic acids is 1. The molecule has 1 amide bonds. The van der Waals surface area contributed by atoms with Gasteiger partial charge in [-0.3, -0.25) is 4.79 Å². The first-order valence-electron chi connectivity index (χ1n) is 10.0. The largest absolute Gasteiger partial charge is 0.497 e. The SMILES string of the molecule is COc1cccc(C(=O)NC2C[C@H]3CCC[C@@H](C2)N3S(=O)(=O)c2ccccc2)c1. The topological polar surface area (TPSA) is 75.7 Å². The Balaban J connectivity index is 1.50. The molecule has 2 heterocycles. The number of nitrogens with zero attached hydrogens (tertiary/aromatic N) is 1. The summed E-state index contributed by atoms with van der Waals surface area (Å²) in [5, 5.41) is 3.11. The number of methoxy groups -OCH3 is 1. The van der Waals surface area contributed by atoms with Crippen LogP contribution in [0.4, 0.5) is 0 Å². The highest BCUT2D eigenvalue weighted by atomic mass is 32.2. The Labute approximate surface area is 171 Å². The van der Waals surface area contributed by atoms with E-state index < -0.39 is 10.0 Å². The van der Waals surface area contributed by atoms with Crippen LogP contribution in [0.2, 0.25) is 0 Å². The number of benzene rings is 2. The van der Waals surface area contributed by atoms with Gasteiger partial charge in [-0.05, 0) is 56.0 Å². The van der Waals surface area contributed by atoms with Gasteiger partial charge in [-0.2, -0.15) is 4.31 Å². The minimum absolute atomic E-state index is 0.0359. The zero-order valence-corrected chi connectivity index (χ0v) is 17.3. The van der Waals surface area contributed by atoms with Crippen LogP contribution in [0.1, 0.15) is 42.5 Å². The Morgan fingerprint density at radius 1 is 1.03 bits per heavy atom. The first kappa shape index (κ1) is 19.9. The van der Waals surface area contributed by atoms with Gasteiger partial charge in [0.15, 0.2) is 0 Å². The molecule has 2 aromatic rings. The first-order valence-corrected chi connectivity index (χ1v) is 11.5. The van der Waals surface area contributed by atoms with Crippen LogP contribution in [0.25, 0.3) is 0 Å². The van der Waals surface area contributed by atoms with Crippen molar-refractivity contribution in [1.29, 1.82) is 0 Å². The van der Waals surface area contributed by atoms with Crippen LogP contribution in [0.15, 0.2) is 59.5 Å². The van der Waals surface area contributed by atoms with Crippen molar-refractivity contribution >= 4 is 15.9 Å². The normalized spacial score (nSPS) is 24.7. The lowest BCUT2D eigenvalue weighted by Crippen LogP contribution is -2.58. The van der Waals surface area contributed by atoms with Gasteiger partial charge in [0.1, 0.15) is 5.75 Å². The van der Waals surface area contributed by atoms with Crippen LogP contribution < -0.4 is 10.1 Å². The lowest BCUT2D eigenvalue weighted by atomic mass is 9.84. The maximum absolute atomic E-state index is 13.2. The van der Waals surface area contributed by atoms with E-state index in [1.165, 1.54) is 0 Å². The molecular formula is C22H26N2O4S. The molecule has 2 aliphatic heterocycles. The molecule has 3 atom stereocenters. The summed E-state index contributed by atoms with van der Waals surface area (Å²) in [6, 6.07) is 15.5. The van der Waals surface area contributed by atoms with Gasteiger partial charge in [0.2, 0.25) is 10.0 Å². The van der Waals surface area contributed by atoms with Crippen LogP contribution in [0.5, 0.6) is 5.75 Å². The van der Waals surface area contributed by atoms with Crippen molar-refractivity contribution in [3.8, 4) is 5.75 Å². The fourth-order valence-electron chi connectivity index (χ4n) is 4.60. The van der Waals surface area contributed by atoms with Gasteiger partial charge in [-0.15, -0.1) is 0 Å². The van der Waals surface area contributed by atoms with Gasteiger partial charge in [0.05, 0.1) is 12.0 Å². The number of hydrogen-bond donors (Lipinski definition) is 1. The predicted molar refractivity (Wildman–Crippen MR) is 110 cm³/mol. The Bertz CT molecular complexity index is 963. The molecule has 6 nitrogen and oxygen atoms in total. The second-order valence-electron chi connectivity index (χ2n) is 7.76. The average Bonchev–Trinajstić information content (AvgIpc) is 2.73. The second kappa shape index (κ2) is 8.16. The zero-order chi connectivity index (χ0) is 20.4. The number of amides is 1. The molecule has 7 heteroatoms. The van der Waals surface area contributed by atoms with Gasteiger partial charge in [-0.25, -0.2) is 8.42 Å². The van der Waals surface area contributed by atoms with Crippen molar-refractivity contribution in [2.75, 3.05) is 7.11 Å². The molecule has 4 rings (SSSR count). The highest BCUT2D eigenvalue weighted by molar-refractivity contribution is 7.89. The van der Waals surface area contributed by atoms with Gasteiger partial charge in [0.25, 0.3) is 5.91 Å². The summed E-state index contributed by atoms with van der Waals surface area (Å²) in [6.45, 7) is 0. The standard InChI is InChI=1S/C22H26N2O4S/c1-28-20-10-5-7-16(13-20)22(25)23-17-14-18-8-6-9-19(15-17)24(18)29(26,27)21-11-3-2-4-12-21/h2-5,7,10-13,17-19H,6,8-9,14-15H2,1H3,(H,23,25)/t17?,18-,19+. The van der Waals surface area contributed by atoms with Crippen molar-refractivity contribution in [2.24, 2.45) is 0 Å². The molecule has 2 bridgehead atoms. The first-order chi connectivity index (χ1) is 14.0. The molecule has 0 spiro atoms. The van der Waals surface area contributed by atoms with Gasteiger partial charge < -0.3 is 10.1 Å². The molecule has 1 N–H and O–H groups in total. The van der Waals surface area contributed by atoms with E-state index in [-0.39, 0.29) is 24.0 Å². The van der Waals surface area contributed by atoms with Crippen LogP contribution in [0.3, 0.4) is 0 Å². The van der Waals surface area contributed by atoms with Crippen molar-refractivity contribution in [2.45, 2.75) is 55.1 Å². The van der Waals surface area contributed by atoms with Crippen LogP contribution >= 0.6 is 0 Å². The molecule has 0 aromatic heterocycles. The number of rotatable bonds is 5. The van der Waals surface area contributed by atoms with E-state index in [0.29, 0.717) is 29.1 Å². The zero-order valence-electron chi connectivity index (χ0n) is 16.5. The number of carbonyl (C=O) groups is 1. The van der Waals surface area contributed by atoms with E-state index in [9.17, 15) is 13.2 Å². The quantitative estimate of drug-likeness (QED) is 0.815. The molecule has 2 saturated heterocycles. The van der Waals surface area contributed by atoms with E-state index >= 15 is 0 Å². The monoisotopic (exact) mass is 414 g/mol. The molecule has 154 valence electrons. The fraction of sp³-hybridized carbons (Fsp3) is 0.409. The smallest absolute Gasteiger partial charge is 0.251 e. The van der Waals surface area contributed by atoms with Crippen LogP contribution in [0, 0.1) is 0 Å². The lowest BCUT2D eigenvalue weighted by Gasteiger charge is -2.47. The Morgan fingerprint density at radius 2 is 1.72 bits per heavy atom. The lowest BCUT2D eigenvalue weighted by molar-refractivity contribution is 0.0796. The minimum atomic E-state index is -3.53. The van der Waals surface area contributed by atoms with E-state index in [0.717, 1.165) is 19.3 Å². The number of fused-ring (bicyclic) bond motifs is 2. The third-order valence-electron chi connectivity index (χ3n) is 5.89. The number of hydrogen-bond acceptors (Lipinski definition) is 4. The molecule has 2 fully saturated rings. The molecule has 1 unspecified atom stereocenters. The van der Waals surface area contributed by atoms with Crippen molar-refractivity contribution in [3.63, 3.8) is 0 Å². The van der Waals surface area contributed by atoms with Crippen molar-refractivity contribution in [3.05, 3.63) is 60.2 Å². The maximum atomic E-state index is 13.2. The molecule has 0 radical (unpaired) electrons. The minimum Gasteiger partial charge on any atom is -0.497 e. The average molecular weight is 415 g/mol. The summed E-state index contributed by atoms with van der Waals surface area (Å²) in [4.78, 5) is 13.0. The maximum Gasteiger partial charge on any atom is 0.251 e. The third kappa shape index (κ3) is 4.02. The van der Waals surface area contributed by atoms with E-state index in [4.69, 9.17) is 4.74 Å². The van der Waals surface area contributed by atoms with Gasteiger partial charge in [-0.1, -0.05) is 30.7 Å². The summed E-state index contributed by atoms with van der Waals surface area (Å²) in [5.74, 6) is 0.490. The van der Waals surface area contributed by atoms with E-state index in [1.807, 2.05) is 6.07 Å². The number of sulfonamides is 1. The van der Waals surface area contributed by atoms with Crippen LogP contribution in [-0.2, 0) is 10.0 Å². The Kier molecular flexibility index (Phi) is 5.61. The highest BCUT2D eigenvalue weighted by Crippen LogP contribution is 2.38. The summed E-state index contributed by atoms with van der Waals surface area (Å²) in [5.41, 5.74) is 0.550. The van der Waals surface area contributed by atoms with Crippen molar-refractivity contribution in [1.82, 2.24) is 9.62 Å². The highest BCUT2D eigenvalue weighted by Gasteiger charge is 2.45. The summed E-state index contributed by atoms with van der Waals surface area (Å²) >= 11 is 0. The molecule has 29 heavy (non-hydrogen) atoms. The summed E-state index contributed by atoms with van der Waals surface area (Å²) in [7, 11) is -1.96. The van der Waals surface area contributed by atoms with E-state index in [2.05, 4.69) is 5.32 Å². The predicted octanol–water partition coefficient (Wildman–Crippen LogP) is 3.20. The second-order valence-corrected chi connectivity index (χ2v) is 9.60. The van der Waals surface area contributed by atoms with Gasteiger partial charge >= 0.3 is 0 Å². The number of nitrogens with one attached hydrogen (secondary N) is 1. The third-order valence-corrected chi connectivity index (χ3v) is 7.91. The number of piperidine rings is 2. The number of ether oxygens (including phenoxy) is 1. The Hall–Kier alpha value is -2.38. The molecule has 0 aliphatic carbocycles. The molecule has 2 aromatic carbocycles. The molecule has 2 aliphatic rings. The van der Waals surface area contributed by atoms with E-state index in [1.54, 1.807) is 59.9 Å². The van der Waals surface area contributed by atoms with Crippen LogP contribution in [-0.4, -0.2) is 43.9 Å².